The van der Waals surface area contributed by atoms with Crippen molar-refractivity contribution < 1.29 is 28.7 Å². The quantitative estimate of drug-likeness (QED) is 0.0507. The average Bonchev–Trinajstić information content (AvgIpc) is 3.28. The van der Waals surface area contributed by atoms with Crippen LogP contribution in [-0.4, -0.2) is 54.8 Å². The van der Waals surface area contributed by atoms with Crippen molar-refractivity contribution in [2.45, 2.75) is 44.8 Å². The third-order valence-corrected chi connectivity index (χ3v) is 10.3. The van der Waals surface area contributed by atoms with E-state index in [1.807, 2.05) is 97.1 Å². The summed E-state index contributed by atoms with van der Waals surface area (Å²) in [6.07, 6.45) is 0.327. The molecule has 61 heavy (non-hydrogen) atoms. The summed E-state index contributed by atoms with van der Waals surface area (Å²) in [5.41, 5.74) is 11.8. The van der Waals surface area contributed by atoms with E-state index in [4.69, 9.17) is 10.5 Å². The van der Waals surface area contributed by atoms with E-state index in [1.54, 1.807) is 74.5 Å². The summed E-state index contributed by atoms with van der Waals surface area (Å²) in [6, 6.07) is 43.9. The monoisotopic (exact) mass is 815 g/mol. The maximum absolute atomic E-state index is 14.4. The van der Waals surface area contributed by atoms with Gasteiger partial charge in [-0.15, -0.1) is 0 Å². The molecule has 0 aliphatic heterocycles. The Morgan fingerprint density at radius 2 is 0.934 bits per heavy atom. The second kappa shape index (κ2) is 20.4. The first-order valence-electron chi connectivity index (χ1n) is 20.0. The molecule has 0 aliphatic rings. The highest BCUT2D eigenvalue weighted by Gasteiger charge is 2.31. The summed E-state index contributed by atoms with van der Waals surface area (Å²) in [7, 11) is 1.25. The number of carbonyl (C=O) groups is 5. The lowest BCUT2D eigenvalue weighted by atomic mass is 9.93. The van der Waals surface area contributed by atoms with Gasteiger partial charge in [-0.1, -0.05) is 147 Å². The Balaban J connectivity index is 1.29. The minimum Gasteiger partial charge on any atom is -0.467 e. The molecule has 0 aromatic heterocycles. The Labute approximate surface area is 355 Å². The van der Waals surface area contributed by atoms with Crippen molar-refractivity contribution in [3.8, 4) is 22.3 Å². The standard InChI is InChI=1S/C50H49N5O6/c1-32(2)45(50(60)61-3)55-49(59)44(31-34-20-8-5-9-21-34)54-47(57)40-27-13-11-23-36(40)35-22-10-12-26-39(35)46(56)53-43(30-33-18-6-4-7-19-33)48(58)52-42-29-17-15-25-38(42)37-24-14-16-28-41(37)51/h4-29,32,43-45H,30-31,51H2,1-3H3,(H,52,58)(H,53,56)(H,54,57)(H,55,59)/t43-,44-,45-/m0/s1. The van der Waals surface area contributed by atoms with Crippen LogP contribution in [0.4, 0.5) is 11.4 Å². The SMILES string of the molecule is COC(=O)[C@@H](NC(=O)[C@H](Cc1ccccc1)NC(=O)c1ccccc1-c1ccccc1C(=O)N[C@@H](Cc1ccccc1)C(=O)Nc1ccccc1-c1ccccc1N)C(C)C. The van der Waals surface area contributed by atoms with Gasteiger partial charge in [0.05, 0.1) is 7.11 Å². The average molecular weight is 816 g/mol. The number of nitrogens with two attached hydrogens (primary N) is 1. The molecule has 11 heteroatoms. The number of nitrogen functional groups attached to an aromatic ring is 1. The largest absolute Gasteiger partial charge is 0.467 e. The van der Waals surface area contributed by atoms with Crippen LogP contribution in [-0.2, 0) is 32.0 Å². The Morgan fingerprint density at radius 1 is 0.508 bits per heavy atom. The zero-order valence-electron chi connectivity index (χ0n) is 34.3. The van der Waals surface area contributed by atoms with Crippen LogP contribution in [0.3, 0.4) is 0 Å². The third-order valence-electron chi connectivity index (χ3n) is 10.3. The van der Waals surface area contributed by atoms with Gasteiger partial charge in [-0.05, 0) is 52.4 Å². The normalized spacial score (nSPS) is 12.3. The van der Waals surface area contributed by atoms with E-state index in [9.17, 15) is 24.0 Å². The Bertz CT molecular complexity index is 2490. The first kappa shape index (κ1) is 43.1. The van der Waals surface area contributed by atoms with Crippen molar-refractivity contribution in [3.63, 3.8) is 0 Å². The van der Waals surface area contributed by atoms with Gasteiger partial charge in [-0.3, -0.25) is 19.2 Å². The van der Waals surface area contributed by atoms with Gasteiger partial charge in [0, 0.05) is 46.5 Å². The van der Waals surface area contributed by atoms with Crippen LogP contribution >= 0.6 is 0 Å². The summed E-state index contributed by atoms with van der Waals surface area (Å²) < 4.78 is 4.94. The van der Waals surface area contributed by atoms with Gasteiger partial charge in [-0.25, -0.2) is 4.79 Å². The van der Waals surface area contributed by atoms with Gasteiger partial charge in [0.25, 0.3) is 11.8 Å². The predicted octanol–water partition coefficient (Wildman–Crippen LogP) is 7.24. The van der Waals surface area contributed by atoms with Crippen molar-refractivity contribution in [1.82, 2.24) is 16.0 Å². The van der Waals surface area contributed by atoms with E-state index in [0.29, 0.717) is 22.5 Å². The number of nitrogens with one attached hydrogen (secondary N) is 4. The molecule has 3 atom stereocenters. The van der Waals surface area contributed by atoms with Gasteiger partial charge >= 0.3 is 5.97 Å². The zero-order chi connectivity index (χ0) is 43.3. The van der Waals surface area contributed by atoms with Crippen LogP contribution in [0.25, 0.3) is 22.3 Å². The van der Waals surface area contributed by atoms with Crippen molar-refractivity contribution in [3.05, 3.63) is 180 Å². The summed E-state index contributed by atoms with van der Waals surface area (Å²) in [4.78, 5) is 69.3. The summed E-state index contributed by atoms with van der Waals surface area (Å²) in [5.74, 6) is -2.98. The van der Waals surface area contributed by atoms with Crippen LogP contribution in [0.1, 0.15) is 45.7 Å². The molecule has 0 heterocycles. The summed E-state index contributed by atoms with van der Waals surface area (Å²) >= 11 is 0. The number of hydrogen-bond acceptors (Lipinski definition) is 7. The van der Waals surface area contributed by atoms with Crippen LogP contribution in [0, 0.1) is 5.92 Å². The van der Waals surface area contributed by atoms with Crippen molar-refractivity contribution in [1.29, 1.82) is 0 Å². The lowest BCUT2D eigenvalue weighted by Crippen LogP contribution is -2.54. The second-order valence-corrected chi connectivity index (χ2v) is 14.9. The van der Waals surface area contributed by atoms with E-state index in [1.165, 1.54) is 7.11 Å². The maximum atomic E-state index is 14.4. The molecule has 11 nitrogen and oxygen atoms in total. The molecule has 0 saturated carbocycles. The number of para-hydroxylation sites is 2. The molecular weight excluding hydrogens is 767 g/mol. The lowest BCUT2D eigenvalue weighted by molar-refractivity contribution is -0.146. The predicted molar refractivity (Wildman–Crippen MR) is 238 cm³/mol. The van der Waals surface area contributed by atoms with Gasteiger partial charge < -0.3 is 31.7 Å². The molecule has 0 saturated heterocycles. The molecule has 0 spiro atoms. The van der Waals surface area contributed by atoms with E-state index in [2.05, 4.69) is 21.3 Å². The highest BCUT2D eigenvalue weighted by atomic mass is 16.5. The molecule has 6 aromatic rings. The Morgan fingerprint density at radius 3 is 1.43 bits per heavy atom. The van der Waals surface area contributed by atoms with Crippen LogP contribution in [0.5, 0.6) is 0 Å². The molecule has 0 bridgehead atoms. The van der Waals surface area contributed by atoms with E-state index >= 15 is 0 Å². The first-order valence-corrected chi connectivity index (χ1v) is 20.0. The van der Waals surface area contributed by atoms with Gasteiger partial charge in [0.2, 0.25) is 11.8 Å². The van der Waals surface area contributed by atoms with E-state index < -0.39 is 47.7 Å². The van der Waals surface area contributed by atoms with E-state index in [-0.39, 0.29) is 29.9 Å². The Hall–Kier alpha value is -7.53. The minimum atomic E-state index is -1.08. The number of ether oxygens (including phenoxy) is 1. The fraction of sp³-hybridized carbons (Fsp3) is 0.180. The molecular formula is C50H49N5O6. The number of anilines is 2. The molecule has 0 fully saturated rings. The van der Waals surface area contributed by atoms with Gasteiger partial charge in [0.1, 0.15) is 18.1 Å². The smallest absolute Gasteiger partial charge is 0.328 e. The van der Waals surface area contributed by atoms with Gasteiger partial charge in [-0.2, -0.15) is 0 Å². The lowest BCUT2D eigenvalue weighted by Gasteiger charge is -2.25. The number of hydrogen-bond donors (Lipinski definition) is 5. The summed E-state index contributed by atoms with van der Waals surface area (Å²) in [5, 5.41) is 11.7. The van der Waals surface area contributed by atoms with Crippen molar-refractivity contribution >= 4 is 41.0 Å². The number of esters is 1. The highest BCUT2D eigenvalue weighted by molar-refractivity contribution is 6.09. The second-order valence-electron chi connectivity index (χ2n) is 14.9. The maximum Gasteiger partial charge on any atom is 0.328 e. The minimum absolute atomic E-state index is 0.139. The molecule has 4 amide bonds. The van der Waals surface area contributed by atoms with Crippen LogP contribution < -0.4 is 27.0 Å². The first-order chi connectivity index (χ1) is 29.5. The topological polar surface area (TPSA) is 169 Å². The number of methoxy groups -OCH3 is 1. The van der Waals surface area contributed by atoms with Gasteiger partial charge in [0.15, 0.2) is 0 Å². The fourth-order valence-corrected chi connectivity index (χ4v) is 7.09. The van der Waals surface area contributed by atoms with Crippen LogP contribution in [0.2, 0.25) is 0 Å². The van der Waals surface area contributed by atoms with Crippen molar-refractivity contribution in [2.75, 3.05) is 18.2 Å². The van der Waals surface area contributed by atoms with E-state index in [0.717, 1.165) is 22.3 Å². The third kappa shape index (κ3) is 11.0. The molecule has 0 unspecified atom stereocenters. The number of amides is 4. The zero-order valence-corrected chi connectivity index (χ0v) is 34.3. The molecule has 0 radical (unpaired) electrons. The molecule has 6 aromatic carbocycles. The number of benzene rings is 6. The molecule has 6 rings (SSSR count). The Kier molecular flexibility index (Phi) is 14.4. The number of carbonyl (C=O) groups excluding carboxylic acids is 5. The fourth-order valence-electron chi connectivity index (χ4n) is 7.09. The molecule has 0 aliphatic carbocycles. The van der Waals surface area contributed by atoms with Crippen molar-refractivity contribution in [2.24, 2.45) is 5.92 Å². The highest BCUT2D eigenvalue weighted by Crippen LogP contribution is 2.32. The molecule has 310 valence electrons. The molecule has 6 N–H and O–H groups in total. The summed E-state index contributed by atoms with van der Waals surface area (Å²) in [6.45, 7) is 3.57. The number of rotatable bonds is 16. The van der Waals surface area contributed by atoms with Crippen LogP contribution in [0.15, 0.2) is 158 Å².